The summed E-state index contributed by atoms with van der Waals surface area (Å²) in [5.74, 6) is 0.988. The summed E-state index contributed by atoms with van der Waals surface area (Å²) in [6, 6.07) is 22.2. The molecule has 1 amide bonds. The molecule has 27 heavy (non-hydrogen) atoms. The van der Waals surface area contributed by atoms with Gasteiger partial charge in [0.25, 0.3) is 5.91 Å². The van der Waals surface area contributed by atoms with Gasteiger partial charge in [-0.05, 0) is 53.4 Å². The highest BCUT2D eigenvalue weighted by molar-refractivity contribution is 5.94. The van der Waals surface area contributed by atoms with E-state index in [-0.39, 0.29) is 5.91 Å². The molecule has 0 aliphatic carbocycles. The van der Waals surface area contributed by atoms with Crippen LogP contribution in [0.2, 0.25) is 0 Å². The summed E-state index contributed by atoms with van der Waals surface area (Å²) in [6.45, 7) is 2.20. The topological polar surface area (TPSA) is 29.5 Å². The smallest absolute Gasteiger partial charge is 0.253 e. The van der Waals surface area contributed by atoms with Gasteiger partial charge in [0.2, 0.25) is 0 Å². The summed E-state index contributed by atoms with van der Waals surface area (Å²) in [4.78, 5) is 14.8. The Morgan fingerprint density at radius 2 is 1.59 bits per heavy atom. The molecule has 3 nitrogen and oxygen atoms in total. The van der Waals surface area contributed by atoms with Crippen molar-refractivity contribution in [3.8, 4) is 5.75 Å². The van der Waals surface area contributed by atoms with Crippen LogP contribution in [-0.2, 0) is 6.61 Å². The molecule has 1 aliphatic rings. The Balaban J connectivity index is 1.44. The molecule has 0 spiro atoms. The van der Waals surface area contributed by atoms with E-state index < -0.39 is 0 Å². The molecule has 138 valence electrons. The lowest BCUT2D eigenvalue weighted by molar-refractivity contribution is 0.0761. The standard InChI is InChI=1S/C24H25NO2/c26-24(25-14-5-1-2-6-15-25)22-11-7-8-19(16-22)18-27-23-13-12-20-9-3-4-10-21(20)17-23/h3-4,7-13,16-17H,1-2,5-6,14-15,18H2. The van der Waals surface area contributed by atoms with Gasteiger partial charge in [-0.1, -0.05) is 55.3 Å². The van der Waals surface area contributed by atoms with Gasteiger partial charge in [-0.25, -0.2) is 0 Å². The van der Waals surface area contributed by atoms with Crippen LogP contribution in [0.5, 0.6) is 5.75 Å². The second-order valence-electron chi connectivity index (χ2n) is 7.20. The molecule has 3 heteroatoms. The van der Waals surface area contributed by atoms with Gasteiger partial charge in [0.05, 0.1) is 0 Å². The number of ether oxygens (including phenoxy) is 1. The molecule has 0 N–H and O–H groups in total. The fourth-order valence-corrected chi connectivity index (χ4v) is 3.67. The molecule has 3 aromatic rings. The average Bonchev–Trinajstić information content (AvgIpc) is 3.01. The molecule has 0 saturated carbocycles. The molecule has 3 aromatic carbocycles. The summed E-state index contributed by atoms with van der Waals surface area (Å²) >= 11 is 0. The van der Waals surface area contributed by atoms with Gasteiger partial charge in [0.15, 0.2) is 0 Å². The van der Waals surface area contributed by atoms with E-state index in [1.54, 1.807) is 0 Å². The van der Waals surface area contributed by atoms with Crippen molar-refractivity contribution < 1.29 is 9.53 Å². The number of hydrogen-bond acceptors (Lipinski definition) is 2. The van der Waals surface area contributed by atoms with Crippen molar-refractivity contribution in [1.82, 2.24) is 4.90 Å². The number of likely N-dealkylation sites (tertiary alicyclic amines) is 1. The van der Waals surface area contributed by atoms with Crippen molar-refractivity contribution in [3.63, 3.8) is 0 Å². The summed E-state index contributed by atoms with van der Waals surface area (Å²) < 4.78 is 5.98. The summed E-state index contributed by atoms with van der Waals surface area (Å²) in [7, 11) is 0. The van der Waals surface area contributed by atoms with Gasteiger partial charge in [0.1, 0.15) is 12.4 Å². The number of fused-ring (bicyclic) bond motifs is 1. The predicted molar refractivity (Wildman–Crippen MR) is 109 cm³/mol. The Labute approximate surface area is 160 Å². The van der Waals surface area contributed by atoms with E-state index in [4.69, 9.17) is 4.74 Å². The van der Waals surface area contributed by atoms with E-state index in [1.807, 2.05) is 47.4 Å². The normalized spacial score (nSPS) is 14.7. The number of rotatable bonds is 4. The minimum absolute atomic E-state index is 0.143. The van der Waals surface area contributed by atoms with Gasteiger partial charge >= 0.3 is 0 Å². The highest BCUT2D eigenvalue weighted by atomic mass is 16.5. The molecule has 0 aromatic heterocycles. The molecule has 1 fully saturated rings. The zero-order valence-corrected chi connectivity index (χ0v) is 15.6. The maximum Gasteiger partial charge on any atom is 0.253 e. The first-order chi connectivity index (χ1) is 13.3. The fraction of sp³-hybridized carbons (Fsp3) is 0.292. The van der Waals surface area contributed by atoms with Gasteiger partial charge < -0.3 is 9.64 Å². The number of carbonyl (C=O) groups excluding carboxylic acids is 1. The Hall–Kier alpha value is -2.81. The monoisotopic (exact) mass is 359 g/mol. The van der Waals surface area contributed by atoms with Crippen molar-refractivity contribution in [2.45, 2.75) is 32.3 Å². The molecule has 0 atom stereocenters. The second kappa shape index (κ2) is 8.26. The molecule has 1 saturated heterocycles. The van der Waals surface area contributed by atoms with Crippen LogP contribution in [0.15, 0.2) is 66.7 Å². The van der Waals surface area contributed by atoms with E-state index >= 15 is 0 Å². The number of hydrogen-bond donors (Lipinski definition) is 0. The van der Waals surface area contributed by atoms with Crippen LogP contribution >= 0.6 is 0 Å². The molecule has 1 heterocycles. The first-order valence-corrected chi connectivity index (χ1v) is 9.79. The van der Waals surface area contributed by atoms with Crippen molar-refractivity contribution in [2.75, 3.05) is 13.1 Å². The van der Waals surface area contributed by atoms with Crippen molar-refractivity contribution >= 4 is 16.7 Å². The van der Waals surface area contributed by atoms with Crippen LogP contribution < -0.4 is 4.74 Å². The molecular weight excluding hydrogens is 334 g/mol. The van der Waals surface area contributed by atoms with Gasteiger partial charge in [-0.15, -0.1) is 0 Å². The van der Waals surface area contributed by atoms with Crippen LogP contribution in [0, 0.1) is 0 Å². The highest BCUT2D eigenvalue weighted by Crippen LogP contribution is 2.22. The summed E-state index contributed by atoms with van der Waals surface area (Å²) in [5, 5.41) is 2.37. The maximum atomic E-state index is 12.8. The third kappa shape index (κ3) is 4.30. The van der Waals surface area contributed by atoms with E-state index in [0.29, 0.717) is 6.61 Å². The largest absolute Gasteiger partial charge is 0.489 e. The number of amides is 1. The van der Waals surface area contributed by atoms with Crippen LogP contribution in [-0.4, -0.2) is 23.9 Å². The van der Waals surface area contributed by atoms with E-state index in [9.17, 15) is 4.79 Å². The molecule has 0 radical (unpaired) electrons. The lowest BCUT2D eigenvalue weighted by Gasteiger charge is -2.20. The SMILES string of the molecule is O=C(c1cccc(COc2ccc3ccccc3c2)c1)N1CCCCCC1. The zero-order chi connectivity index (χ0) is 18.5. The van der Waals surface area contributed by atoms with Crippen LogP contribution in [0.4, 0.5) is 0 Å². The van der Waals surface area contributed by atoms with Crippen molar-refractivity contribution in [3.05, 3.63) is 77.9 Å². The van der Waals surface area contributed by atoms with Crippen LogP contribution in [0.1, 0.15) is 41.6 Å². The second-order valence-corrected chi connectivity index (χ2v) is 7.20. The third-order valence-corrected chi connectivity index (χ3v) is 5.19. The first kappa shape index (κ1) is 17.6. The number of benzene rings is 3. The molecule has 4 rings (SSSR count). The number of carbonyl (C=O) groups is 1. The molecule has 1 aliphatic heterocycles. The molecule has 0 unspecified atom stereocenters. The van der Waals surface area contributed by atoms with E-state index in [1.165, 1.54) is 23.6 Å². The first-order valence-electron chi connectivity index (χ1n) is 9.79. The Morgan fingerprint density at radius 1 is 0.815 bits per heavy atom. The van der Waals surface area contributed by atoms with Crippen LogP contribution in [0.25, 0.3) is 10.8 Å². The average molecular weight is 359 g/mol. The van der Waals surface area contributed by atoms with Crippen LogP contribution in [0.3, 0.4) is 0 Å². The predicted octanol–water partition coefficient (Wildman–Crippen LogP) is 5.44. The lowest BCUT2D eigenvalue weighted by Crippen LogP contribution is -2.31. The number of nitrogens with zero attached hydrogens (tertiary/aromatic N) is 1. The van der Waals surface area contributed by atoms with E-state index in [0.717, 1.165) is 42.8 Å². The zero-order valence-electron chi connectivity index (χ0n) is 15.6. The minimum atomic E-state index is 0.143. The highest BCUT2D eigenvalue weighted by Gasteiger charge is 2.17. The lowest BCUT2D eigenvalue weighted by atomic mass is 10.1. The Kier molecular flexibility index (Phi) is 5.38. The summed E-state index contributed by atoms with van der Waals surface area (Å²) in [6.07, 6.45) is 4.67. The molecular formula is C24H25NO2. The van der Waals surface area contributed by atoms with E-state index in [2.05, 4.69) is 24.3 Å². The maximum absolute atomic E-state index is 12.8. The van der Waals surface area contributed by atoms with Gasteiger partial charge in [-0.2, -0.15) is 0 Å². The fourth-order valence-electron chi connectivity index (χ4n) is 3.67. The van der Waals surface area contributed by atoms with Gasteiger partial charge in [0, 0.05) is 18.7 Å². The Morgan fingerprint density at radius 3 is 2.41 bits per heavy atom. The molecule has 0 bridgehead atoms. The summed E-state index contributed by atoms with van der Waals surface area (Å²) in [5.41, 5.74) is 1.78. The minimum Gasteiger partial charge on any atom is -0.489 e. The quantitative estimate of drug-likeness (QED) is 0.621. The third-order valence-electron chi connectivity index (χ3n) is 5.19. The van der Waals surface area contributed by atoms with Crippen molar-refractivity contribution in [1.29, 1.82) is 0 Å². The van der Waals surface area contributed by atoms with Crippen molar-refractivity contribution in [2.24, 2.45) is 0 Å². The Bertz CT molecular complexity index is 926. The van der Waals surface area contributed by atoms with Gasteiger partial charge in [-0.3, -0.25) is 4.79 Å².